The molecule has 0 amide bonds. The first kappa shape index (κ1) is 30.8. The van der Waals surface area contributed by atoms with E-state index in [1.54, 1.807) is 54.9 Å². The number of ether oxygens (including phenoxy) is 4. The molecule has 0 bridgehead atoms. The molecule has 42 heavy (non-hydrogen) atoms. The van der Waals surface area contributed by atoms with Crippen LogP contribution in [0.15, 0.2) is 71.0 Å². The van der Waals surface area contributed by atoms with E-state index in [1.165, 1.54) is 32.3 Å². The van der Waals surface area contributed by atoms with Gasteiger partial charge in [-0.05, 0) is 47.1 Å². The smallest absolute Gasteiger partial charge is 0.316 e. The molecule has 222 valence electrons. The minimum absolute atomic E-state index is 0.0315. The normalized spacial score (nSPS) is 11.6. The molecule has 0 aliphatic carbocycles. The largest absolute Gasteiger partial charge is 0.493 e. The number of thioether (sulfide) groups is 1. The van der Waals surface area contributed by atoms with E-state index in [-0.39, 0.29) is 41.2 Å². The molecule has 2 heterocycles. The van der Waals surface area contributed by atoms with Gasteiger partial charge in [0.2, 0.25) is 5.88 Å². The molecule has 0 radical (unpaired) electrons. The third kappa shape index (κ3) is 7.39. The Bertz CT molecular complexity index is 1610. The van der Waals surface area contributed by atoms with Gasteiger partial charge in [-0.3, -0.25) is 4.72 Å². The Morgan fingerprint density at radius 1 is 0.857 bits per heavy atom. The summed E-state index contributed by atoms with van der Waals surface area (Å²) in [5.74, 6) is 1.11. The van der Waals surface area contributed by atoms with Crippen LogP contribution in [-0.4, -0.2) is 62.0 Å². The molecule has 0 fully saturated rings. The first-order valence-corrected chi connectivity index (χ1v) is 15.6. The highest BCUT2D eigenvalue weighted by Gasteiger charge is 2.23. The molecule has 0 atom stereocenters. The van der Waals surface area contributed by atoms with Crippen molar-refractivity contribution in [3.8, 4) is 34.5 Å². The van der Waals surface area contributed by atoms with E-state index in [2.05, 4.69) is 45.4 Å². The zero-order valence-electron chi connectivity index (χ0n) is 24.2. The number of benzene rings is 2. The van der Waals surface area contributed by atoms with Crippen LogP contribution in [0.25, 0.3) is 11.1 Å². The summed E-state index contributed by atoms with van der Waals surface area (Å²) in [5.41, 5.74) is 1.75. The molecule has 0 saturated heterocycles. The van der Waals surface area contributed by atoms with Crippen molar-refractivity contribution < 1.29 is 27.4 Å². The highest BCUT2D eigenvalue weighted by atomic mass is 32.2. The fraction of sp³-hybridized carbons (Fsp3) is 0.310. The monoisotopic (exact) mass is 611 g/mol. The minimum atomic E-state index is -4.01. The van der Waals surface area contributed by atoms with Gasteiger partial charge in [-0.15, -0.1) is 11.8 Å². The van der Waals surface area contributed by atoms with Gasteiger partial charge < -0.3 is 18.9 Å². The van der Waals surface area contributed by atoms with Crippen LogP contribution >= 0.6 is 11.8 Å². The van der Waals surface area contributed by atoms with Crippen LogP contribution in [0.3, 0.4) is 0 Å². The summed E-state index contributed by atoms with van der Waals surface area (Å²) in [6, 6.07) is 12.1. The van der Waals surface area contributed by atoms with Crippen LogP contribution in [0.4, 0.5) is 5.82 Å². The van der Waals surface area contributed by atoms with Crippen LogP contribution in [0.2, 0.25) is 0 Å². The highest BCUT2D eigenvalue weighted by Crippen LogP contribution is 2.39. The first-order chi connectivity index (χ1) is 20.1. The lowest BCUT2D eigenvalue weighted by Gasteiger charge is -2.19. The molecular weight excluding hydrogens is 578 g/mol. The van der Waals surface area contributed by atoms with Crippen molar-refractivity contribution in [1.29, 1.82) is 0 Å². The molecule has 13 heteroatoms. The van der Waals surface area contributed by atoms with Crippen molar-refractivity contribution in [2.75, 3.05) is 38.4 Å². The molecule has 4 rings (SSSR count). The van der Waals surface area contributed by atoms with E-state index in [1.807, 2.05) is 6.26 Å². The lowest BCUT2D eigenvalue weighted by molar-refractivity contribution is 0.201. The van der Waals surface area contributed by atoms with Crippen LogP contribution in [0, 0.1) is 0 Å². The fourth-order valence-corrected chi connectivity index (χ4v) is 5.22. The Morgan fingerprint density at radius 3 is 2.14 bits per heavy atom. The number of nitrogens with one attached hydrogen (secondary N) is 1. The second-order valence-electron chi connectivity index (χ2n) is 9.95. The number of nitrogens with zero attached hydrogens (tertiary/aromatic N) is 4. The van der Waals surface area contributed by atoms with E-state index in [0.717, 1.165) is 10.5 Å². The maximum absolute atomic E-state index is 13.5. The predicted molar refractivity (Wildman–Crippen MR) is 161 cm³/mol. The van der Waals surface area contributed by atoms with E-state index < -0.39 is 10.0 Å². The van der Waals surface area contributed by atoms with Gasteiger partial charge in [-0.1, -0.05) is 39.0 Å². The average molecular weight is 612 g/mol. The molecule has 0 aliphatic rings. The Labute approximate surface area is 250 Å². The van der Waals surface area contributed by atoms with Crippen molar-refractivity contribution in [2.45, 2.75) is 36.0 Å². The lowest BCUT2D eigenvalue weighted by atomic mass is 9.87. The number of hydrogen-bond donors (Lipinski definition) is 1. The molecule has 0 saturated carbocycles. The van der Waals surface area contributed by atoms with Gasteiger partial charge in [0.25, 0.3) is 10.0 Å². The van der Waals surface area contributed by atoms with Gasteiger partial charge >= 0.3 is 6.01 Å². The summed E-state index contributed by atoms with van der Waals surface area (Å²) in [6.45, 7) is 6.38. The third-order valence-electron chi connectivity index (χ3n) is 6.14. The number of hydrogen-bond acceptors (Lipinski definition) is 11. The van der Waals surface area contributed by atoms with Gasteiger partial charge in [0.1, 0.15) is 19.5 Å². The molecule has 1 N–H and O–H groups in total. The van der Waals surface area contributed by atoms with E-state index in [9.17, 15) is 8.42 Å². The van der Waals surface area contributed by atoms with Crippen molar-refractivity contribution in [1.82, 2.24) is 19.9 Å². The summed E-state index contributed by atoms with van der Waals surface area (Å²) < 4.78 is 51.9. The molecule has 0 spiro atoms. The molecule has 2 aromatic heterocycles. The van der Waals surface area contributed by atoms with Gasteiger partial charge in [-0.2, -0.15) is 0 Å². The Kier molecular flexibility index (Phi) is 9.74. The van der Waals surface area contributed by atoms with Gasteiger partial charge in [0.15, 0.2) is 17.3 Å². The fourth-order valence-electron chi connectivity index (χ4n) is 3.88. The highest BCUT2D eigenvalue weighted by molar-refractivity contribution is 7.98. The predicted octanol–water partition coefficient (Wildman–Crippen LogP) is 5.23. The summed E-state index contributed by atoms with van der Waals surface area (Å²) in [5, 5.41) is 0. The lowest BCUT2D eigenvalue weighted by Crippen LogP contribution is -2.17. The molecule has 0 aliphatic heterocycles. The number of rotatable bonds is 12. The number of sulfonamides is 1. The van der Waals surface area contributed by atoms with Crippen LogP contribution in [-0.2, 0) is 15.4 Å². The zero-order chi connectivity index (χ0) is 30.3. The van der Waals surface area contributed by atoms with Crippen LogP contribution in [0.1, 0.15) is 26.3 Å². The van der Waals surface area contributed by atoms with Gasteiger partial charge in [-0.25, -0.2) is 28.4 Å². The molecule has 2 aromatic carbocycles. The molecular formula is C29H33N5O6S2. The van der Waals surface area contributed by atoms with E-state index >= 15 is 0 Å². The van der Waals surface area contributed by atoms with Crippen molar-refractivity contribution in [2.24, 2.45) is 0 Å². The topological polar surface area (TPSA) is 135 Å². The second kappa shape index (κ2) is 13.3. The maximum Gasteiger partial charge on any atom is 0.316 e. The molecule has 11 nitrogen and oxygen atoms in total. The second-order valence-corrected chi connectivity index (χ2v) is 12.5. The van der Waals surface area contributed by atoms with Gasteiger partial charge in [0.05, 0.1) is 24.7 Å². The number of aromatic nitrogens is 4. The van der Waals surface area contributed by atoms with Crippen molar-refractivity contribution >= 4 is 27.6 Å². The SMILES string of the molecule is COc1ccc(-c2c(NS(=O)(=O)c3ccc(C(C)(C)C)cc3)ncnc2OCCOc2ncc(SC)cn2)cc1OC. The average Bonchev–Trinajstić information content (AvgIpc) is 2.99. The van der Waals surface area contributed by atoms with E-state index in [0.29, 0.717) is 22.6 Å². The quantitative estimate of drug-likeness (QED) is 0.167. The zero-order valence-corrected chi connectivity index (χ0v) is 25.9. The van der Waals surface area contributed by atoms with Crippen molar-refractivity contribution in [3.63, 3.8) is 0 Å². The minimum Gasteiger partial charge on any atom is -0.493 e. The van der Waals surface area contributed by atoms with Gasteiger partial charge in [0, 0.05) is 17.3 Å². The van der Waals surface area contributed by atoms with Crippen LogP contribution in [0.5, 0.6) is 23.4 Å². The Morgan fingerprint density at radius 2 is 1.52 bits per heavy atom. The third-order valence-corrected chi connectivity index (χ3v) is 8.18. The molecule has 4 aromatic rings. The summed E-state index contributed by atoms with van der Waals surface area (Å²) in [7, 11) is -0.974. The molecule has 0 unspecified atom stereocenters. The number of methoxy groups -OCH3 is 2. The van der Waals surface area contributed by atoms with Crippen molar-refractivity contribution in [3.05, 3.63) is 66.7 Å². The summed E-state index contributed by atoms with van der Waals surface area (Å²) in [4.78, 5) is 17.9. The Balaban J connectivity index is 1.64. The standard InChI is InChI=1S/C29H33N5O6S2/c1-29(2,3)20-8-10-22(11-9-20)42(35,36)34-26-25(19-7-12-23(37-4)24(15-19)38-5)27(33-18-32-26)39-13-14-40-28-30-16-21(41-6)17-31-28/h7-12,15-18H,13-14H2,1-6H3,(H,32,33,34). The maximum atomic E-state index is 13.5. The first-order valence-electron chi connectivity index (χ1n) is 12.9. The summed E-state index contributed by atoms with van der Waals surface area (Å²) >= 11 is 1.53. The Hall–Kier alpha value is -4.10. The van der Waals surface area contributed by atoms with Crippen LogP contribution < -0.4 is 23.7 Å². The van der Waals surface area contributed by atoms with E-state index in [4.69, 9.17) is 18.9 Å². The number of anilines is 1. The summed E-state index contributed by atoms with van der Waals surface area (Å²) in [6.07, 6.45) is 6.50.